The Morgan fingerprint density at radius 2 is 1.45 bits per heavy atom. The molecule has 10 heteroatoms. The number of nitrogens with one attached hydrogen (secondary N) is 2. The number of carbonyl (C=O) groups is 2. The molecule has 2 amide bonds. The van der Waals surface area contributed by atoms with E-state index in [1.807, 2.05) is 30.3 Å². The second kappa shape index (κ2) is 8.70. The summed E-state index contributed by atoms with van der Waals surface area (Å²) in [5.74, 6) is -1.09. The topological polar surface area (TPSA) is 113 Å². The first-order valence-corrected chi connectivity index (χ1v) is 11.2. The molecule has 2 heterocycles. The van der Waals surface area contributed by atoms with E-state index in [4.69, 9.17) is 0 Å². The van der Waals surface area contributed by atoms with Gasteiger partial charge in [-0.25, -0.2) is 13.1 Å². The summed E-state index contributed by atoms with van der Waals surface area (Å²) in [4.78, 5) is 24.8. The van der Waals surface area contributed by atoms with Crippen LogP contribution in [0.25, 0.3) is 5.69 Å². The highest BCUT2D eigenvalue weighted by molar-refractivity contribution is 7.89. The molecule has 1 saturated heterocycles. The lowest BCUT2D eigenvalue weighted by atomic mass is 10.2. The van der Waals surface area contributed by atoms with Crippen molar-refractivity contribution in [3.05, 3.63) is 78.1 Å². The lowest BCUT2D eigenvalue weighted by molar-refractivity contribution is 0.0846. The molecule has 1 aliphatic heterocycles. The standard InChI is InChI=1S/C21H21N5O4S/c27-20(16-8-10-19(11-9-16)31(29,30)25-12-4-5-13-25)23-24-21(28)17-14-22-26(15-17)18-6-2-1-3-7-18/h1-3,6-11,14-15H,4-5,12-13H2,(H,23,27)(H,24,28). The highest BCUT2D eigenvalue weighted by atomic mass is 32.2. The van der Waals surface area contributed by atoms with E-state index >= 15 is 0 Å². The highest BCUT2D eigenvalue weighted by Crippen LogP contribution is 2.21. The maximum absolute atomic E-state index is 12.6. The van der Waals surface area contributed by atoms with Gasteiger partial charge in [-0.3, -0.25) is 20.4 Å². The number of rotatable bonds is 5. The summed E-state index contributed by atoms with van der Waals surface area (Å²) in [6.45, 7) is 1.02. The van der Waals surface area contributed by atoms with Crippen molar-refractivity contribution in [3.63, 3.8) is 0 Å². The molecule has 4 rings (SSSR count). The van der Waals surface area contributed by atoms with Crippen LogP contribution in [0.4, 0.5) is 0 Å². The van der Waals surface area contributed by atoms with Gasteiger partial charge in [-0.05, 0) is 49.2 Å². The molecular formula is C21H21N5O4S. The van der Waals surface area contributed by atoms with E-state index in [9.17, 15) is 18.0 Å². The minimum atomic E-state index is -3.54. The monoisotopic (exact) mass is 439 g/mol. The van der Waals surface area contributed by atoms with E-state index in [1.165, 1.54) is 34.8 Å². The molecule has 0 radical (unpaired) electrons. The van der Waals surface area contributed by atoms with Crippen molar-refractivity contribution in [2.75, 3.05) is 13.1 Å². The maximum Gasteiger partial charge on any atom is 0.272 e. The Balaban J connectivity index is 1.36. The summed E-state index contributed by atoms with van der Waals surface area (Å²) in [7, 11) is -3.54. The van der Waals surface area contributed by atoms with Crippen molar-refractivity contribution in [3.8, 4) is 5.69 Å². The zero-order valence-corrected chi connectivity index (χ0v) is 17.4. The van der Waals surface area contributed by atoms with Crippen LogP contribution in [0.5, 0.6) is 0 Å². The van der Waals surface area contributed by atoms with Crippen LogP contribution in [-0.2, 0) is 10.0 Å². The van der Waals surface area contributed by atoms with Gasteiger partial charge in [-0.2, -0.15) is 9.40 Å². The van der Waals surface area contributed by atoms with Gasteiger partial charge < -0.3 is 0 Å². The zero-order chi connectivity index (χ0) is 21.8. The molecule has 2 N–H and O–H groups in total. The normalized spacial score (nSPS) is 14.3. The number of amides is 2. The number of para-hydroxylation sites is 1. The van der Waals surface area contributed by atoms with Crippen molar-refractivity contribution < 1.29 is 18.0 Å². The Labute approximate surface area is 179 Å². The fraction of sp³-hybridized carbons (Fsp3) is 0.190. The van der Waals surface area contributed by atoms with Crippen LogP contribution in [0.2, 0.25) is 0 Å². The number of sulfonamides is 1. The number of hydrogen-bond acceptors (Lipinski definition) is 5. The van der Waals surface area contributed by atoms with E-state index in [0.29, 0.717) is 13.1 Å². The summed E-state index contributed by atoms with van der Waals surface area (Å²) in [5.41, 5.74) is 5.96. The largest absolute Gasteiger partial charge is 0.272 e. The molecule has 9 nitrogen and oxygen atoms in total. The van der Waals surface area contributed by atoms with E-state index < -0.39 is 21.8 Å². The Kier molecular flexibility index (Phi) is 5.83. The minimum Gasteiger partial charge on any atom is -0.267 e. The molecule has 1 fully saturated rings. The predicted octanol–water partition coefficient (Wildman–Crippen LogP) is 1.73. The summed E-state index contributed by atoms with van der Waals surface area (Å²) in [5, 5.41) is 4.14. The Morgan fingerprint density at radius 3 is 2.10 bits per heavy atom. The third kappa shape index (κ3) is 4.49. The fourth-order valence-electron chi connectivity index (χ4n) is 3.28. The van der Waals surface area contributed by atoms with Gasteiger partial charge in [0.15, 0.2) is 0 Å². The molecular weight excluding hydrogens is 418 g/mol. The van der Waals surface area contributed by atoms with Gasteiger partial charge in [0.25, 0.3) is 11.8 Å². The van der Waals surface area contributed by atoms with E-state index in [2.05, 4.69) is 16.0 Å². The van der Waals surface area contributed by atoms with Crippen molar-refractivity contribution in [1.82, 2.24) is 24.9 Å². The number of aromatic nitrogens is 2. The second-order valence-electron chi connectivity index (χ2n) is 7.05. The summed E-state index contributed by atoms with van der Waals surface area (Å²) < 4.78 is 28.1. The van der Waals surface area contributed by atoms with Crippen LogP contribution in [0, 0.1) is 0 Å². The number of hydrazine groups is 1. The highest BCUT2D eigenvalue weighted by Gasteiger charge is 2.27. The third-order valence-electron chi connectivity index (χ3n) is 4.97. The van der Waals surface area contributed by atoms with E-state index in [-0.39, 0.29) is 16.0 Å². The van der Waals surface area contributed by atoms with E-state index in [1.54, 1.807) is 10.9 Å². The average molecular weight is 439 g/mol. The number of benzene rings is 2. The van der Waals surface area contributed by atoms with Crippen LogP contribution in [0.3, 0.4) is 0 Å². The minimum absolute atomic E-state index is 0.142. The number of hydrogen-bond donors (Lipinski definition) is 2. The number of nitrogens with zero attached hydrogens (tertiary/aromatic N) is 3. The smallest absolute Gasteiger partial charge is 0.267 e. The van der Waals surface area contributed by atoms with Gasteiger partial charge in [0.2, 0.25) is 10.0 Å². The molecule has 160 valence electrons. The molecule has 1 aliphatic rings. The first-order valence-electron chi connectivity index (χ1n) is 9.76. The van der Waals surface area contributed by atoms with Crippen molar-refractivity contribution in [2.45, 2.75) is 17.7 Å². The molecule has 0 unspecified atom stereocenters. The zero-order valence-electron chi connectivity index (χ0n) is 16.6. The SMILES string of the molecule is O=C(NNC(=O)c1cnn(-c2ccccc2)c1)c1ccc(S(=O)(=O)N2CCCC2)cc1. The maximum atomic E-state index is 12.6. The van der Waals surface area contributed by atoms with Gasteiger partial charge in [-0.1, -0.05) is 18.2 Å². The lowest BCUT2D eigenvalue weighted by Crippen LogP contribution is -2.41. The quantitative estimate of drug-likeness (QED) is 0.588. The Morgan fingerprint density at radius 1 is 0.839 bits per heavy atom. The van der Waals surface area contributed by atoms with Gasteiger partial charge in [0.05, 0.1) is 22.3 Å². The molecule has 0 atom stereocenters. The summed E-state index contributed by atoms with van der Waals surface area (Å²) >= 11 is 0. The Bertz CT molecular complexity index is 1180. The first-order chi connectivity index (χ1) is 14.9. The molecule has 0 bridgehead atoms. The Hall–Kier alpha value is -3.50. The third-order valence-corrected chi connectivity index (χ3v) is 6.89. The van der Waals surface area contributed by atoms with Crippen LogP contribution < -0.4 is 10.9 Å². The van der Waals surface area contributed by atoms with Crippen molar-refractivity contribution >= 4 is 21.8 Å². The van der Waals surface area contributed by atoms with Crippen LogP contribution in [0.1, 0.15) is 33.6 Å². The van der Waals surface area contributed by atoms with Crippen LogP contribution in [0.15, 0.2) is 71.9 Å². The molecule has 31 heavy (non-hydrogen) atoms. The molecule has 0 aliphatic carbocycles. The number of carbonyl (C=O) groups excluding carboxylic acids is 2. The van der Waals surface area contributed by atoms with E-state index in [0.717, 1.165) is 18.5 Å². The van der Waals surface area contributed by atoms with Crippen LogP contribution >= 0.6 is 0 Å². The molecule has 1 aromatic heterocycles. The average Bonchev–Trinajstić information content (AvgIpc) is 3.51. The van der Waals surface area contributed by atoms with Gasteiger partial charge in [0, 0.05) is 24.8 Å². The van der Waals surface area contributed by atoms with Gasteiger partial charge >= 0.3 is 0 Å². The van der Waals surface area contributed by atoms with Gasteiger partial charge in [-0.15, -0.1) is 0 Å². The molecule has 0 saturated carbocycles. The molecule has 3 aromatic rings. The van der Waals surface area contributed by atoms with Crippen LogP contribution in [-0.4, -0.2) is 47.4 Å². The summed E-state index contributed by atoms with van der Waals surface area (Å²) in [6, 6.07) is 14.9. The lowest BCUT2D eigenvalue weighted by Gasteiger charge is -2.15. The first kappa shape index (κ1) is 20.8. The summed E-state index contributed by atoms with van der Waals surface area (Å²) in [6.07, 6.45) is 4.65. The molecule has 2 aromatic carbocycles. The fourth-order valence-corrected chi connectivity index (χ4v) is 4.79. The van der Waals surface area contributed by atoms with Crippen molar-refractivity contribution in [2.24, 2.45) is 0 Å². The molecule has 0 spiro atoms. The second-order valence-corrected chi connectivity index (χ2v) is 8.99. The van der Waals surface area contributed by atoms with Crippen molar-refractivity contribution in [1.29, 1.82) is 0 Å². The van der Waals surface area contributed by atoms with Gasteiger partial charge in [0.1, 0.15) is 0 Å². The predicted molar refractivity (Wildman–Crippen MR) is 113 cm³/mol.